The SMILES string of the molecule is CC1(C)OB(/C=C/c2cnc(F)c(CN)c2)OC1(C)C. The van der Waals surface area contributed by atoms with Crippen molar-refractivity contribution in [1.29, 1.82) is 0 Å². The van der Waals surface area contributed by atoms with Crippen LogP contribution in [-0.2, 0) is 15.9 Å². The van der Waals surface area contributed by atoms with Crippen molar-refractivity contribution in [3.63, 3.8) is 0 Å². The monoisotopic (exact) mass is 278 g/mol. The summed E-state index contributed by atoms with van der Waals surface area (Å²) in [6.07, 6.45) is 3.25. The smallest absolute Gasteiger partial charge is 0.400 e. The van der Waals surface area contributed by atoms with Crippen molar-refractivity contribution < 1.29 is 13.7 Å². The number of nitrogens with two attached hydrogens (primary N) is 1. The molecular formula is C14H20BFN2O2. The summed E-state index contributed by atoms with van der Waals surface area (Å²) in [4.78, 5) is 3.67. The van der Waals surface area contributed by atoms with E-state index >= 15 is 0 Å². The van der Waals surface area contributed by atoms with Gasteiger partial charge >= 0.3 is 7.12 Å². The molecule has 1 aliphatic rings. The van der Waals surface area contributed by atoms with Crippen LogP contribution >= 0.6 is 0 Å². The van der Waals surface area contributed by atoms with Crippen molar-refractivity contribution in [2.24, 2.45) is 5.73 Å². The number of pyridine rings is 1. The van der Waals surface area contributed by atoms with Gasteiger partial charge < -0.3 is 15.0 Å². The molecule has 0 aliphatic carbocycles. The fourth-order valence-corrected chi connectivity index (χ4v) is 1.90. The number of nitrogens with zero attached hydrogens (tertiary/aromatic N) is 1. The Bertz CT molecular complexity index is 516. The maximum absolute atomic E-state index is 13.2. The molecule has 1 aromatic heterocycles. The molecule has 1 saturated heterocycles. The molecule has 20 heavy (non-hydrogen) atoms. The Morgan fingerprint density at radius 2 is 1.90 bits per heavy atom. The number of hydrogen-bond donors (Lipinski definition) is 1. The lowest BCUT2D eigenvalue weighted by Crippen LogP contribution is -2.41. The van der Waals surface area contributed by atoms with Crippen LogP contribution in [0.3, 0.4) is 0 Å². The van der Waals surface area contributed by atoms with Gasteiger partial charge in [-0.1, -0.05) is 12.1 Å². The first-order chi connectivity index (χ1) is 9.25. The zero-order chi connectivity index (χ0) is 15.0. The van der Waals surface area contributed by atoms with Gasteiger partial charge in [0.25, 0.3) is 0 Å². The number of halogens is 1. The van der Waals surface area contributed by atoms with Gasteiger partial charge in [0.2, 0.25) is 5.95 Å². The molecule has 1 fully saturated rings. The van der Waals surface area contributed by atoms with E-state index < -0.39 is 13.1 Å². The van der Waals surface area contributed by atoms with Crippen LogP contribution in [0.2, 0.25) is 0 Å². The zero-order valence-electron chi connectivity index (χ0n) is 12.3. The molecule has 0 spiro atoms. The van der Waals surface area contributed by atoms with E-state index in [9.17, 15) is 4.39 Å². The van der Waals surface area contributed by atoms with Crippen LogP contribution in [0, 0.1) is 5.95 Å². The van der Waals surface area contributed by atoms with Crippen molar-refractivity contribution >= 4 is 13.2 Å². The first-order valence-electron chi connectivity index (χ1n) is 6.63. The number of rotatable bonds is 3. The summed E-state index contributed by atoms with van der Waals surface area (Å²) in [5, 5.41) is 0. The number of hydrogen-bond acceptors (Lipinski definition) is 4. The molecule has 0 bridgehead atoms. The topological polar surface area (TPSA) is 57.4 Å². The average Bonchev–Trinajstić information content (AvgIpc) is 2.57. The highest BCUT2D eigenvalue weighted by atomic mass is 19.1. The Morgan fingerprint density at radius 1 is 1.30 bits per heavy atom. The Morgan fingerprint density at radius 3 is 2.45 bits per heavy atom. The minimum absolute atomic E-state index is 0.122. The minimum atomic E-state index is -0.528. The third-order valence-electron chi connectivity index (χ3n) is 3.87. The Labute approximate surface area is 119 Å². The number of aromatic nitrogens is 1. The normalized spacial score (nSPS) is 20.8. The van der Waals surface area contributed by atoms with Crippen LogP contribution in [0.1, 0.15) is 38.8 Å². The van der Waals surface area contributed by atoms with Crippen LogP contribution in [0.25, 0.3) is 6.08 Å². The van der Waals surface area contributed by atoms with Crippen molar-refractivity contribution in [3.05, 3.63) is 35.3 Å². The van der Waals surface area contributed by atoms with Crippen LogP contribution in [-0.4, -0.2) is 23.3 Å². The second-order valence-corrected chi connectivity index (χ2v) is 5.91. The van der Waals surface area contributed by atoms with Crippen molar-refractivity contribution in [2.75, 3.05) is 0 Å². The molecule has 0 radical (unpaired) electrons. The van der Waals surface area contributed by atoms with E-state index in [1.165, 1.54) is 6.20 Å². The summed E-state index contributed by atoms with van der Waals surface area (Å²) >= 11 is 0. The van der Waals surface area contributed by atoms with Gasteiger partial charge in [-0.15, -0.1) is 0 Å². The maximum Gasteiger partial charge on any atom is 0.487 e. The summed E-state index contributed by atoms with van der Waals surface area (Å²) in [5.74, 6) is 1.27. The molecule has 0 unspecified atom stereocenters. The molecule has 6 heteroatoms. The van der Waals surface area contributed by atoms with Crippen LogP contribution in [0.5, 0.6) is 0 Å². The molecule has 0 aromatic carbocycles. The largest absolute Gasteiger partial charge is 0.487 e. The quantitative estimate of drug-likeness (QED) is 0.681. The molecule has 1 aliphatic heterocycles. The zero-order valence-corrected chi connectivity index (χ0v) is 12.3. The molecule has 108 valence electrons. The van der Waals surface area contributed by atoms with E-state index in [4.69, 9.17) is 15.0 Å². The fraction of sp³-hybridized carbons (Fsp3) is 0.500. The average molecular weight is 278 g/mol. The molecule has 0 saturated carbocycles. The van der Waals surface area contributed by atoms with E-state index in [1.807, 2.05) is 27.7 Å². The van der Waals surface area contributed by atoms with Crippen LogP contribution in [0.4, 0.5) is 4.39 Å². The lowest BCUT2D eigenvalue weighted by atomic mass is 9.89. The Balaban J connectivity index is 2.12. The predicted molar refractivity (Wildman–Crippen MR) is 77.2 cm³/mol. The van der Waals surface area contributed by atoms with Crippen molar-refractivity contribution in [2.45, 2.75) is 45.4 Å². The van der Waals surface area contributed by atoms with E-state index in [0.29, 0.717) is 5.56 Å². The molecule has 4 nitrogen and oxygen atoms in total. The predicted octanol–water partition coefficient (Wildman–Crippen LogP) is 2.32. The summed E-state index contributed by atoms with van der Waals surface area (Å²) < 4.78 is 24.9. The van der Waals surface area contributed by atoms with Gasteiger partial charge in [0.05, 0.1) is 11.2 Å². The van der Waals surface area contributed by atoms with Crippen molar-refractivity contribution in [1.82, 2.24) is 4.98 Å². The summed E-state index contributed by atoms with van der Waals surface area (Å²) in [5.41, 5.74) is 5.87. The van der Waals surface area contributed by atoms with E-state index in [1.54, 1.807) is 18.1 Å². The third-order valence-corrected chi connectivity index (χ3v) is 3.87. The lowest BCUT2D eigenvalue weighted by molar-refractivity contribution is 0.00578. The third kappa shape index (κ3) is 2.92. The van der Waals surface area contributed by atoms with Crippen LogP contribution < -0.4 is 5.73 Å². The van der Waals surface area contributed by atoms with Gasteiger partial charge in [0.15, 0.2) is 0 Å². The maximum atomic E-state index is 13.2. The second-order valence-electron chi connectivity index (χ2n) is 5.91. The first kappa shape index (κ1) is 15.2. The Kier molecular flexibility index (Phi) is 4.00. The van der Waals surface area contributed by atoms with Gasteiger partial charge in [-0.3, -0.25) is 0 Å². The molecule has 2 rings (SSSR count). The highest BCUT2D eigenvalue weighted by Gasteiger charge is 2.49. The van der Waals surface area contributed by atoms with Crippen LogP contribution in [0.15, 0.2) is 18.2 Å². The molecule has 0 atom stereocenters. The fourth-order valence-electron chi connectivity index (χ4n) is 1.90. The molecule has 1 aromatic rings. The summed E-state index contributed by atoms with van der Waals surface area (Å²) in [7, 11) is -0.425. The first-order valence-corrected chi connectivity index (χ1v) is 6.63. The van der Waals surface area contributed by atoms with Gasteiger partial charge in [0, 0.05) is 18.3 Å². The standard InChI is InChI=1S/C14H20BFN2O2/c1-13(2)14(3,4)20-15(19-13)6-5-10-7-11(8-17)12(16)18-9-10/h5-7,9H,8,17H2,1-4H3/b6-5+. The molecule has 2 heterocycles. The highest BCUT2D eigenvalue weighted by molar-refractivity contribution is 6.52. The van der Waals surface area contributed by atoms with E-state index in [2.05, 4.69) is 4.98 Å². The van der Waals surface area contributed by atoms with Gasteiger partial charge in [-0.25, -0.2) is 4.98 Å². The summed E-state index contributed by atoms with van der Waals surface area (Å²) in [6.45, 7) is 8.09. The highest BCUT2D eigenvalue weighted by Crippen LogP contribution is 2.36. The second kappa shape index (κ2) is 5.28. The van der Waals surface area contributed by atoms with E-state index in [-0.39, 0.29) is 17.7 Å². The molecule has 2 N–H and O–H groups in total. The minimum Gasteiger partial charge on any atom is -0.400 e. The molecular weight excluding hydrogens is 258 g/mol. The lowest BCUT2D eigenvalue weighted by Gasteiger charge is -2.32. The van der Waals surface area contributed by atoms with Gasteiger partial charge in [-0.2, -0.15) is 4.39 Å². The molecule has 0 amide bonds. The van der Waals surface area contributed by atoms with E-state index in [0.717, 1.165) is 5.56 Å². The van der Waals surface area contributed by atoms with Gasteiger partial charge in [0.1, 0.15) is 0 Å². The Hall–Kier alpha value is -1.24. The van der Waals surface area contributed by atoms with Gasteiger partial charge in [-0.05, 0) is 39.3 Å². The van der Waals surface area contributed by atoms with Crippen molar-refractivity contribution in [3.8, 4) is 0 Å². The summed E-state index contributed by atoms with van der Waals surface area (Å²) in [6, 6.07) is 1.67.